The molecule has 0 spiro atoms. The Bertz CT molecular complexity index is 1580. The number of carbonyl (C=O) groups is 1. The zero-order valence-corrected chi connectivity index (χ0v) is 25.5. The first kappa shape index (κ1) is 32.1. The second kappa shape index (κ2) is 14.1. The van der Waals surface area contributed by atoms with Crippen molar-refractivity contribution < 1.29 is 29.3 Å². The van der Waals surface area contributed by atoms with Gasteiger partial charge in [-0.1, -0.05) is 55.5 Å². The molecule has 4 rings (SSSR count). The van der Waals surface area contributed by atoms with Crippen LogP contribution >= 0.6 is 0 Å². The van der Waals surface area contributed by atoms with Gasteiger partial charge in [-0.25, -0.2) is 9.78 Å². The summed E-state index contributed by atoms with van der Waals surface area (Å²) in [6.07, 6.45) is 0.0326. The van der Waals surface area contributed by atoms with Gasteiger partial charge in [0, 0.05) is 30.6 Å². The van der Waals surface area contributed by atoms with E-state index >= 15 is 0 Å². The van der Waals surface area contributed by atoms with Crippen LogP contribution in [-0.4, -0.2) is 59.3 Å². The van der Waals surface area contributed by atoms with Crippen molar-refractivity contribution in [1.82, 2.24) is 29.8 Å². The van der Waals surface area contributed by atoms with Gasteiger partial charge in [0.25, 0.3) is 5.09 Å². The number of rotatable bonds is 14. The van der Waals surface area contributed by atoms with E-state index in [-0.39, 0.29) is 19.6 Å². The first-order chi connectivity index (χ1) is 21.0. The Kier molecular flexibility index (Phi) is 10.3. The van der Waals surface area contributed by atoms with E-state index in [1.54, 1.807) is 20.8 Å². The lowest BCUT2D eigenvalue weighted by molar-refractivity contribution is -0.757. The molecule has 1 atom stereocenters. The number of hydrogen-bond donors (Lipinski definition) is 1. The molecule has 0 saturated carbocycles. The molecule has 1 N–H and O–H groups in total. The Morgan fingerprint density at radius 3 is 2.48 bits per heavy atom. The molecule has 14 heteroatoms. The molecule has 2 heterocycles. The van der Waals surface area contributed by atoms with Crippen LogP contribution < -0.4 is 0 Å². The summed E-state index contributed by atoms with van der Waals surface area (Å²) in [4.78, 5) is 32.2. The van der Waals surface area contributed by atoms with Crippen LogP contribution in [0.25, 0.3) is 22.5 Å². The molecule has 0 amide bonds. The van der Waals surface area contributed by atoms with Gasteiger partial charge < -0.3 is 24.0 Å². The maximum atomic E-state index is 12.0. The van der Waals surface area contributed by atoms with E-state index in [9.17, 15) is 20.0 Å². The van der Waals surface area contributed by atoms with Gasteiger partial charge in [-0.3, -0.25) is 0 Å². The SMILES string of the molecule is CCCc1nc(C(C)(C)O)c(C)n1Cc1ccc(-c2ccccc2-c2nnn(C(C)OC(=O)OCCCO[N+](=O)[O-])n2)cc1. The highest BCUT2D eigenvalue weighted by Gasteiger charge is 2.25. The fraction of sp³-hybridized carbons (Fsp3) is 0.433. The fourth-order valence-corrected chi connectivity index (χ4v) is 4.76. The summed E-state index contributed by atoms with van der Waals surface area (Å²) in [6, 6.07) is 15.9. The maximum absolute atomic E-state index is 12.0. The predicted molar refractivity (Wildman–Crippen MR) is 159 cm³/mol. The van der Waals surface area contributed by atoms with Gasteiger partial charge in [0.1, 0.15) is 11.4 Å². The van der Waals surface area contributed by atoms with E-state index in [0.717, 1.165) is 51.4 Å². The quantitative estimate of drug-likeness (QED) is 0.0884. The Morgan fingerprint density at radius 2 is 1.82 bits per heavy atom. The zero-order chi connectivity index (χ0) is 31.9. The van der Waals surface area contributed by atoms with Crippen molar-refractivity contribution >= 4 is 6.16 Å². The minimum atomic E-state index is -1.02. The van der Waals surface area contributed by atoms with Crippen LogP contribution in [0.15, 0.2) is 48.5 Å². The molecule has 0 aliphatic carbocycles. The summed E-state index contributed by atoms with van der Waals surface area (Å²) in [7, 11) is 0. The molecular formula is C30H37N7O7. The topological polar surface area (TPSA) is 170 Å². The van der Waals surface area contributed by atoms with E-state index < -0.39 is 23.1 Å². The number of benzene rings is 2. The Morgan fingerprint density at radius 1 is 1.11 bits per heavy atom. The summed E-state index contributed by atoms with van der Waals surface area (Å²) in [6.45, 7) is 9.52. The largest absolute Gasteiger partial charge is 0.510 e. The highest BCUT2D eigenvalue weighted by Crippen LogP contribution is 2.31. The van der Waals surface area contributed by atoms with Gasteiger partial charge in [0.15, 0.2) is 0 Å². The van der Waals surface area contributed by atoms with Crippen molar-refractivity contribution in [3.8, 4) is 22.5 Å². The molecule has 0 fully saturated rings. The second-order valence-corrected chi connectivity index (χ2v) is 10.8. The molecule has 0 aliphatic rings. The molecule has 4 aromatic rings. The normalized spacial score (nSPS) is 12.1. The van der Waals surface area contributed by atoms with Crippen LogP contribution in [-0.2, 0) is 32.9 Å². The molecular weight excluding hydrogens is 570 g/mol. The molecule has 0 radical (unpaired) electrons. The number of nitrogens with zero attached hydrogens (tertiary/aromatic N) is 7. The van der Waals surface area contributed by atoms with Gasteiger partial charge in [-0.15, -0.1) is 25.1 Å². The van der Waals surface area contributed by atoms with Crippen LogP contribution in [0.5, 0.6) is 0 Å². The zero-order valence-electron chi connectivity index (χ0n) is 25.5. The fourth-order valence-electron chi connectivity index (χ4n) is 4.76. The minimum Gasteiger partial charge on any atom is -0.434 e. The van der Waals surface area contributed by atoms with Crippen LogP contribution in [0.1, 0.15) is 69.5 Å². The van der Waals surface area contributed by atoms with E-state index in [2.05, 4.69) is 43.9 Å². The second-order valence-electron chi connectivity index (χ2n) is 10.8. The van der Waals surface area contributed by atoms with Gasteiger partial charge in [-0.05, 0) is 56.0 Å². The highest BCUT2D eigenvalue weighted by molar-refractivity contribution is 5.80. The molecule has 1 unspecified atom stereocenters. The predicted octanol–water partition coefficient (Wildman–Crippen LogP) is 5.01. The van der Waals surface area contributed by atoms with E-state index in [1.165, 1.54) is 0 Å². The summed E-state index contributed by atoms with van der Waals surface area (Å²) in [5, 5.41) is 32.5. The van der Waals surface area contributed by atoms with Gasteiger partial charge >= 0.3 is 6.16 Å². The number of carbonyl (C=O) groups excluding carboxylic acids is 1. The third-order valence-corrected chi connectivity index (χ3v) is 6.85. The van der Waals surface area contributed by atoms with Crippen molar-refractivity contribution in [2.75, 3.05) is 13.2 Å². The third-order valence-electron chi connectivity index (χ3n) is 6.85. The number of imidazole rings is 1. The van der Waals surface area contributed by atoms with Crippen LogP contribution in [0.3, 0.4) is 0 Å². The standard InChI is InChI=1S/C30H37N7O7/c1-6-10-26-31-27(30(4,5)39)20(2)35(26)19-22-13-15-23(16-14-22)24-11-7-8-12-25(24)28-32-34-36(33-28)21(3)44-29(38)42-17-9-18-43-37(40)41/h7-8,11-16,21,39H,6,9-10,17-19H2,1-5H3. The van der Waals surface area contributed by atoms with Crippen molar-refractivity contribution in [3.63, 3.8) is 0 Å². The monoisotopic (exact) mass is 607 g/mol. The smallest absolute Gasteiger partial charge is 0.434 e. The number of aliphatic hydroxyl groups is 1. The lowest BCUT2D eigenvalue weighted by atomic mass is 9.98. The molecule has 44 heavy (non-hydrogen) atoms. The number of tetrazole rings is 1. The Hall–Kier alpha value is -4.85. The molecule has 2 aromatic carbocycles. The average Bonchev–Trinajstić information content (AvgIpc) is 3.59. The van der Waals surface area contributed by atoms with Crippen LogP contribution in [0, 0.1) is 17.0 Å². The van der Waals surface area contributed by atoms with Gasteiger partial charge in [0.05, 0.1) is 18.9 Å². The minimum absolute atomic E-state index is 0.106. The van der Waals surface area contributed by atoms with E-state index in [0.29, 0.717) is 18.1 Å². The number of aromatic nitrogens is 6. The number of aryl methyl sites for hydroxylation is 1. The molecule has 14 nitrogen and oxygen atoms in total. The maximum Gasteiger partial charge on any atom is 0.510 e. The highest BCUT2D eigenvalue weighted by atomic mass is 16.9. The Labute approximate surface area is 254 Å². The van der Waals surface area contributed by atoms with E-state index in [4.69, 9.17) is 14.5 Å². The number of hydrogen-bond acceptors (Lipinski definition) is 11. The first-order valence-corrected chi connectivity index (χ1v) is 14.4. The van der Waals surface area contributed by atoms with Crippen LogP contribution in [0.4, 0.5) is 4.79 Å². The van der Waals surface area contributed by atoms with Crippen molar-refractivity contribution in [2.45, 2.75) is 72.3 Å². The van der Waals surface area contributed by atoms with Crippen LogP contribution in [0.2, 0.25) is 0 Å². The molecule has 0 saturated heterocycles. The Balaban J connectivity index is 1.46. The molecule has 2 aromatic heterocycles. The molecule has 0 bridgehead atoms. The van der Waals surface area contributed by atoms with Gasteiger partial charge in [0.2, 0.25) is 12.1 Å². The van der Waals surface area contributed by atoms with Crippen molar-refractivity contribution in [1.29, 1.82) is 0 Å². The number of ether oxygens (including phenoxy) is 2. The van der Waals surface area contributed by atoms with Crippen molar-refractivity contribution in [2.24, 2.45) is 0 Å². The molecule has 234 valence electrons. The lowest BCUT2D eigenvalue weighted by Gasteiger charge is -2.16. The third kappa shape index (κ3) is 7.95. The summed E-state index contributed by atoms with van der Waals surface area (Å²) >= 11 is 0. The first-order valence-electron chi connectivity index (χ1n) is 14.4. The summed E-state index contributed by atoms with van der Waals surface area (Å²) < 4.78 is 12.3. The van der Waals surface area contributed by atoms with E-state index in [1.807, 2.05) is 43.3 Å². The molecule has 0 aliphatic heterocycles. The summed E-state index contributed by atoms with van der Waals surface area (Å²) in [5.74, 6) is 1.31. The average molecular weight is 608 g/mol. The van der Waals surface area contributed by atoms with Crippen molar-refractivity contribution in [3.05, 3.63) is 81.4 Å². The summed E-state index contributed by atoms with van der Waals surface area (Å²) in [5.41, 5.74) is 4.34. The van der Waals surface area contributed by atoms with Gasteiger partial charge in [-0.2, -0.15) is 0 Å². The lowest BCUT2D eigenvalue weighted by Crippen LogP contribution is -2.18.